The number of benzene rings is 2. The molecule has 0 aliphatic carbocycles. The van der Waals surface area contributed by atoms with Crippen LogP contribution in [0.25, 0.3) is 0 Å². The highest BCUT2D eigenvalue weighted by Crippen LogP contribution is 2.33. The molecule has 2 heterocycles. The van der Waals surface area contributed by atoms with Gasteiger partial charge in [-0.25, -0.2) is 0 Å². The molecule has 0 saturated carbocycles. The van der Waals surface area contributed by atoms with Gasteiger partial charge in [-0.05, 0) is 47.9 Å². The van der Waals surface area contributed by atoms with Gasteiger partial charge in [-0.1, -0.05) is 23.7 Å². The number of methoxy groups -OCH3 is 1. The lowest BCUT2D eigenvalue weighted by molar-refractivity contribution is -0.140. The first-order chi connectivity index (χ1) is 13.2. The third kappa shape index (κ3) is 3.75. The van der Waals surface area contributed by atoms with Crippen molar-refractivity contribution < 1.29 is 14.3 Å². The third-order valence-electron chi connectivity index (χ3n) is 5.28. The minimum Gasteiger partial charge on any atom is -0.497 e. The molecule has 2 unspecified atom stereocenters. The predicted octanol–water partition coefficient (Wildman–Crippen LogP) is 3.07. The Morgan fingerprint density at radius 3 is 3.00 bits per heavy atom. The van der Waals surface area contributed by atoms with E-state index in [4.69, 9.17) is 21.1 Å². The van der Waals surface area contributed by atoms with Crippen LogP contribution in [0.3, 0.4) is 0 Å². The summed E-state index contributed by atoms with van der Waals surface area (Å²) in [5, 5.41) is 4.07. The number of nitrogens with zero attached hydrogens (tertiary/aromatic N) is 1. The van der Waals surface area contributed by atoms with Gasteiger partial charge in [-0.2, -0.15) is 0 Å². The van der Waals surface area contributed by atoms with Crippen LogP contribution in [0.15, 0.2) is 42.5 Å². The van der Waals surface area contributed by atoms with E-state index in [1.54, 1.807) is 7.11 Å². The first-order valence-electron chi connectivity index (χ1n) is 9.22. The maximum atomic E-state index is 13.3. The molecule has 2 aliphatic rings. The fourth-order valence-corrected chi connectivity index (χ4v) is 4.07. The zero-order valence-corrected chi connectivity index (χ0v) is 16.0. The van der Waals surface area contributed by atoms with Gasteiger partial charge in [0.1, 0.15) is 18.1 Å². The third-order valence-corrected chi connectivity index (χ3v) is 5.52. The van der Waals surface area contributed by atoms with E-state index < -0.39 is 0 Å². The van der Waals surface area contributed by atoms with E-state index in [2.05, 4.69) is 5.32 Å². The summed E-state index contributed by atoms with van der Waals surface area (Å²) < 4.78 is 11.2. The minimum absolute atomic E-state index is 0.0170. The molecular weight excluding hydrogens is 364 g/mol. The lowest BCUT2D eigenvalue weighted by Gasteiger charge is -2.39. The molecule has 6 heteroatoms. The van der Waals surface area contributed by atoms with Crippen LogP contribution >= 0.6 is 11.6 Å². The van der Waals surface area contributed by atoms with E-state index >= 15 is 0 Å². The second-order valence-corrected chi connectivity index (χ2v) is 7.43. The molecule has 0 bridgehead atoms. The van der Waals surface area contributed by atoms with Gasteiger partial charge in [-0.3, -0.25) is 4.79 Å². The first kappa shape index (κ1) is 18.1. The summed E-state index contributed by atoms with van der Waals surface area (Å²) in [6, 6.07) is 13.5. The predicted molar refractivity (Wildman–Crippen MR) is 104 cm³/mol. The van der Waals surface area contributed by atoms with Crippen molar-refractivity contribution in [3.63, 3.8) is 0 Å². The van der Waals surface area contributed by atoms with Crippen LogP contribution in [-0.2, 0) is 11.2 Å². The number of fused-ring (bicyclic) bond motifs is 1. The second kappa shape index (κ2) is 7.79. The molecule has 0 aromatic heterocycles. The minimum atomic E-state index is -0.190. The Kier molecular flexibility index (Phi) is 5.23. The van der Waals surface area contributed by atoms with E-state index in [9.17, 15) is 4.79 Å². The normalized spacial score (nSPS) is 21.9. The molecule has 27 heavy (non-hydrogen) atoms. The van der Waals surface area contributed by atoms with Gasteiger partial charge >= 0.3 is 0 Å². The molecule has 1 amide bonds. The van der Waals surface area contributed by atoms with E-state index in [1.165, 1.54) is 0 Å². The summed E-state index contributed by atoms with van der Waals surface area (Å²) in [5.41, 5.74) is 2.08. The highest BCUT2D eigenvalue weighted by atomic mass is 35.5. The van der Waals surface area contributed by atoms with Gasteiger partial charge in [0.25, 0.3) is 0 Å². The van der Waals surface area contributed by atoms with E-state index in [0.29, 0.717) is 24.6 Å². The number of hydrogen-bond donors (Lipinski definition) is 1. The van der Waals surface area contributed by atoms with Crippen LogP contribution in [0, 0.1) is 5.92 Å². The highest BCUT2D eigenvalue weighted by molar-refractivity contribution is 6.30. The number of rotatable bonds is 3. The summed E-state index contributed by atoms with van der Waals surface area (Å²) in [6.45, 7) is 2.60. The fraction of sp³-hybridized carbons (Fsp3) is 0.381. The molecule has 2 aromatic rings. The van der Waals surface area contributed by atoms with E-state index in [-0.39, 0.29) is 17.9 Å². The van der Waals surface area contributed by atoms with Crippen LogP contribution in [0.4, 0.5) is 0 Å². The highest BCUT2D eigenvalue weighted by Gasteiger charge is 2.35. The van der Waals surface area contributed by atoms with Crippen molar-refractivity contribution in [3.05, 3.63) is 58.6 Å². The van der Waals surface area contributed by atoms with Gasteiger partial charge in [0.2, 0.25) is 5.91 Å². The van der Waals surface area contributed by atoms with Crippen LogP contribution in [0.2, 0.25) is 5.02 Å². The fourth-order valence-electron chi connectivity index (χ4n) is 3.87. The molecule has 142 valence electrons. The zero-order chi connectivity index (χ0) is 18.8. The van der Waals surface area contributed by atoms with Crippen molar-refractivity contribution in [2.75, 3.05) is 33.4 Å². The molecule has 4 rings (SSSR count). The maximum Gasteiger partial charge on any atom is 0.230 e. The van der Waals surface area contributed by atoms with Crippen molar-refractivity contribution in [1.29, 1.82) is 0 Å². The maximum absolute atomic E-state index is 13.3. The van der Waals surface area contributed by atoms with Gasteiger partial charge < -0.3 is 19.7 Å². The Labute approximate surface area is 164 Å². The summed E-state index contributed by atoms with van der Waals surface area (Å²) in [6.07, 6.45) is 0.664. The molecule has 0 radical (unpaired) electrons. The van der Waals surface area contributed by atoms with Crippen LogP contribution < -0.4 is 14.8 Å². The van der Waals surface area contributed by atoms with Crippen molar-refractivity contribution in [2.45, 2.75) is 12.5 Å². The molecule has 1 saturated heterocycles. The van der Waals surface area contributed by atoms with Gasteiger partial charge in [0, 0.05) is 24.7 Å². The molecule has 1 N–H and O–H groups in total. The SMILES string of the molecule is COc1ccc2c(c1)CC(C(=O)N1CCNCC1c1cccc(Cl)c1)CO2. The monoisotopic (exact) mass is 386 g/mol. The molecule has 0 spiro atoms. The number of amides is 1. The molecule has 2 atom stereocenters. The van der Waals surface area contributed by atoms with Gasteiger partial charge in [0.15, 0.2) is 0 Å². The Morgan fingerprint density at radius 1 is 1.30 bits per heavy atom. The molecular formula is C21H23ClN2O3. The van der Waals surface area contributed by atoms with E-state index in [1.807, 2.05) is 47.4 Å². The summed E-state index contributed by atoms with van der Waals surface area (Å²) in [4.78, 5) is 15.3. The number of carbonyl (C=O) groups excluding carboxylic acids is 1. The van der Waals surface area contributed by atoms with Crippen molar-refractivity contribution in [2.24, 2.45) is 5.92 Å². The zero-order valence-electron chi connectivity index (χ0n) is 15.3. The molecule has 2 aliphatic heterocycles. The first-order valence-corrected chi connectivity index (χ1v) is 9.60. The van der Waals surface area contributed by atoms with Gasteiger partial charge in [-0.15, -0.1) is 0 Å². The Hall–Kier alpha value is -2.24. The Balaban J connectivity index is 1.55. The Morgan fingerprint density at radius 2 is 2.19 bits per heavy atom. The smallest absolute Gasteiger partial charge is 0.230 e. The van der Waals surface area contributed by atoms with Gasteiger partial charge in [0.05, 0.1) is 19.1 Å². The Bertz CT molecular complexity index is 842. The van der Waals surface area contributed by atoms with Crippen molar-refractivity contribution in [1.82, 2.24) is 10.2 Å². The van der Waals surface area contributed by atoms with Crippen molar-refractivity contribution in [3.8, 4) is 11.5 Å². The average molecular weight is 387 g/mol. The largest absolute Gasteiger partial charge is 0.497 e. The number of carbonyl (C=O) groups is 1. The van der Waals surface area contributed by atoms with E-state index in [0.717, 1.165) is 35.7 Å². The van der Waals surface area contributed by atoms with Crippen LogP contribution in [0.1, 0.15) is 17.2 Å². The van der Waals surface area contributed by atoms with Crippen LogP contribution in [0.5, 0.6) is 11.5 Å². The molecule has 5 nitrogen and oxygen atoms in total. The number of halogens is 1. The summed E-state index contributed by atoms with van der Waals surface area (Å²) in [5.74, 6) is 1.57. The quantitative estimate of drug-likeness (QED) is 0.880. The number of ether oxygens (including phenoxy) is 2. The summed E-state index contributed by atoms with van der Waals surface area (Å²) >= 11 is 6.17. The summed E-state index contributed by atoms with van der Waals surface area (Å²) in [7, 11) is 1.64. The number of hydrogen-bond acceptors (Lipinski definition) is 4. The van der Waals surface area contributed by atoms with Crippen molar-refractivity contribution >= 4 is 17.5 Å². The topological polar surface area (TPSA) is 50.8 Å². The average Bonchev–Trinajstić information content (AvgIpc) is 2.72. The second-order valence-electron chi connectivity index (χ2n) is 6.99. The number of piperazine rings is 1. The standard InChI is InChI=1S/C21H23ClN2O3/c1-26-18-5-6-20-15(11-18)9-16(13-27-20)21(25)24-8-7-23-12-19(24)14-3-2-4-17(22)10-14/h2-6,10-11,16,19,23H,7-9,12-13H2,1H3. The molecule has 1 fully saturated rings. The lowest BCUT2D eigenvalue weighted by atomic mass is 9.93. The number of nitrogens with one attached hydrogen (secondary N) is 1. The van der Waals surface area contributed by atoms with Crippen LogP contribution in [-0.4, -0.2) is 44.2 Å². The lowest BCUT2D eigenvalue weighted by Crippen LogP contribution is -2.51. The molecule has 2 aromatic carbocycles.